The van der Waals surface area contributed by atoms with Crippen LogP contribution in [-0.4, -0.2) is 39.5 Å². The van der Waals surface area contributed by atoms with E-state index in [1.54, 1.807) is 24.3 Å². The first-order valence-corrected chi connectivity index (χ1v) is 8.62. The first-order valence-electron chi connectivity index (χ1n) is 6.96. The van der Waals surface area contributed by atoms with E-state index < -0.39 is 15.6 Å². The Kier molecular flexibility index (Phi) is 5.08. The molecular weight excluding hydrogens is 292 g/mol. The van der Waals surface area contributed by atoms with Crippen molar-refractivity contribution >= 4 is 15.7 Å². The molecule has 0 aromatic heterocycles. The van der Waals surface area contributed by atoms with Crippen molar-refractivity contribution in [2.75, 3.05) is 31.3 Å². The Bertz CT molecular complexity index is 568. The summed E-state index contributed by atoms with van der Waals surface area (Å²) >= 11 is 0. The Hall–Kier alpha value is -1.31. The topological polar surface area (TPSA) is 90.7 Å². The number of benzene rings is 1. The largest absolute Gasteiger partial charge is 0.492 e. The van der Waals surface area contributed by atoms with Gasteiger partial charge in [0.05, 0.1) is 17.9 Å². The molecule has 1 aromatic carbocycles. The van der Waals surface area contributed by atoms with Crippen molar-refractivity contribution in [2.45, 2.75) is 25.3 Å². The Morgan fingerprint density at radius 2 is 2.29 bits per heavy atom. The number of anilines is 1. The summed E-state index contributed by atoms with van der Waals surface area (Å²) in [6.45, 7) is 3.04. The summed E-state index contributed by atoms with van der Waals surface area (Å²) in [5.41, 5.74) is 5.70. The average Bonchev–Trinajstić information content (AvgIpc) is 2.38. The zero-order chi connectivity index (χ0) is 15.3. The Morgan fingerprint density at radius 3 is 2.95 bits per heavy atom. The molecule has 2 rings (SSSR count). The van der Waals surface area contributed by atoms with Gasteiger partial charge in [-0.15, -0.1) is 0 Å². The van der Waals surface area contributed by atoms with Crippen molar-refractivity contribution in [1.29, 1.82) is 0 Å². The third-order valence-electron chi connectivity index (χ3n) is 3.32. The molecule has 1 aliphatic rings. The number of hydrogen-bond donors (Lipinski definition) is 2. The van der Waals surface area contributed by atoms with E-state index in [1.165, 1.54) is 0 Å². The number of rotatable bonds is 6. The molecule has 7 heteroatoms. The standard InChI is InChI=1S/C14H22N2O4S/c1-14(6-3-7-19-11-14)16-21(17,18)9-8-20-13-5-2-4-12(15)10-13/h2,4-5,10,16H,3,6-9,11,15H2,1H3. The Labute approximate surface area is 125 Å². The number of ether oxygens (including phenoxy) is 2. The normalized spacial score (nSPS) is 22.9. The monoisotopic (exact) mass is 314 g/mol. The molecule has 1 unspecified atom stereocenters. The van der Waals surface area contributed by atoms with Gasteiger partial charge in [-0.1, -0.05) is 6.07 Å². The van der Waals surface area contributed by atoms with Crippen LogP contribution in [-0.2, 0) is 14.8 Å². The molecule has 118 valence electrons. The van der Waals surface area contributed by atoms with Gasteiger partial charge in [0.2, 0.25) is 10.0 Å². The molecule has 0 spiro atoms. The van der Waals surface area contributed by atoms with E-state index in [2.05, 4.69) is 4.72 Å². The van der Waals surface area contributed by atoms with Crippen LogP contribution in [0.2, 0.25) is 0 Å². The second-order valence-corrected chi connectivity index (χ2v) is 7.40. The van der Waals surface area contributed by atoms with E-state index >= 15 is 0 Å². The predicted octanol–water partition coefficient (Wildman–Crippen LogP) is 1.14. The van der Waals surface area contributed by atoms with Gasteiger partial charge in [-0.05, 0) is 31.9 Å². The number of hydrogen-bond acceptors (Lipinski definition) is 5. The molecular formula is C14H22N2O4S. The van der Waals surface area contributed by atoms with Crippen molar-refractivity contribution in [3.63, 3.8) is 0 Å². The van der Waals surface area contributed by atoms with Crippen LogP contribution in [0.15, 0.2) is 24.3 Å². The van der Waals surface area contributed by atoms with E-state index in [4.69, 9.17) is 15.2 Å². The van der Waals surface area contributed by atoms with E-state index in [0.29, 0.717) is 24.7 Å². The fourth-order valence-corrected chi connectivity index (χ4v) is 3.63. The molecule has 6 nitrogen and oxygen atoms in total. The zero-order valence-electron chi connectivity index (χ0n) is 12.2. The highest BCUT2D eigenvalue weighted by Gasteiger charge is 2.31. The lowest BCUT2D eigenvalue weighted by Crippen LogP contribution is -2.52. The van der Waals surface area contributed by atoms with Crippen molar-refractivity contribution in [2.24, 2.45) is 0 Å². The van der Waals surface area contributed by atoms with Gasteiger partial charge in [0, 0.05) is 18.4 Å². The van der Waals surface area contributed by atoms with Crippen LogP contribution in [0.5, 0.6) is 5.75 Å². The van der Waals surface area contributed by atoms with E-state index in [0.717, 1.165) is 12.8 Å². The van der Waals surface area contributed by atoms with Gasteiger partial charge in [-0.3, -0.25) is 0 Å². The summed E-state index contributed by atoms with van der Waals surface area (Å²) in [4.78, 5) is 0. The smallest absolute Gasteiger partial charge is 0.215 e. The molecule has 1 heterocycles. The summed E-state index contributed by atoms with van der Waals surface area (Å²) in [6, 6.07) is 6.91. The van der Waals surface area contributed by atoms with Crippen molar-refractivity contribution in [3.8, 4) is 5.75 Å². The summed E-state index contributed by atoms with van der Waals surface area (Å²) in [5.74, 6) is 0.467. The summed E-state index contributed by atoms with van der Waals surface area (Å²) < 4.78 is 37.7. The molecule has 0 aliphatic carbocycles. The number of nitrogens with one attached hydrogen (secondary N) is 1. The minimum absolute atomic E-state index is 0.0791. The molecule has 0 amide bonds. The maximum absolute atomic E-state index is 12.1. The molecule has 0 radical (unpaired) electrons. The molecule has 1 fully saturated rings. The van der Waals surface area contributed by atoms with Crippen molar-refractivity contribution in [1.82, 2.24) is 4.72 Å². The molecule has 1 aliphatic heterocycles. The van der Waals surface area contributed by atoms with Gasteiger partial charge in [0.15, 0.2) is 0 Å². The molecule has 0 bridgehead atoms. The maximum Gasteiger partial charge on any atom is 0.215 e. The first kappa shape index (κ1) is 16.1. The second-order valence-electron chi connectivity index (χ2n) is 5.56. The number of sulfonamides is 1. The molecule has 21 heavy (non-hydrogen) atoms. The molecule has 1 aromatic rings. The van der Waals surface area contributed by atoms with Gasteiger partial charge in [-0.25, -0.2) is 13.1 Å². The molecule has 1 atom stereocenters. The second kappa shape index (κ2) is 6.64. The Morgan fingerprint density at radius 1 is 1.48 bits per heavy atom. The summed E-state index contributed by atoms with van der Waals surface area (Å²) in [5, 5.41) is 0. The Balaban J connectivity index is 1.83. The lowest BCUT2D eigenvalue weighted by atomic mass is 9.97. The van der Waals surface area contributed by atoms with Gasteiger partial charge >= 0.3 is 0 Å². The minimum Gasteiger partial charge on any atom is -0.492 e. The third kappa shape index (κ3) is 5.18. The van der Waals surface area contributed by atoms with Crippen LogP contribution >= 0.6 is 0 Å². The van der Waals surface area contributed by atoms with Gasteiger partial charge in [0.25, 0.3) is 0 Å². The lowest BCUT2D eigenvalue weighted by molar-refractivity contribution is 0.0386. The molecule has 3 N–H and O–H groups in total. The first-order chi connectivity index (χ1) is 9.89. The lowest BCUT2D eigenvalue weighted by Gasteiger charge is -2.33. The fourth-order valence-electron chi connectivity index (χ4n) is 2.31. The van der Waals surface area contributed by atoms with Crippen molar-refractivity contribution < 1.29 is 17.9 Å². The maximum atomic E-state index is 12.1. The van der Waals surface area contributed by atoms with Crippen LogP contribution in [0.25, 0.3) is 0 Å². The SMILES string of the molecule is CC1(NS(=O)(=O)CCOc2cccc(N)c2)CCCOC1. The highest BCUT2D eigenvalue weighted by atomic mass is 32.2. The van der Waals surface area contributed by atoms with E-state index in [9.17, 15) is 8.42 Å². The van der Waals surface area contributed by atoms with E-state index in [-0.39, 0.29) is 12.4 Å². The van der Waals surface area contributed by atoms with Crippen molar-refractivity contribution in [3.05, 3.63) is 24.3 Å². The van der Waals surface area contributed by atoms with Gasteiger partial charge < -0.3 is 15.2 Å². The fraction of sp³-hybridized carbons (Fsp3) is 0.571. The van der Waals surface area contributed by atoms with Crippen LogP contribution in [0.4, 0.5) is 5.69 Å². The van der Waals surface area contributed by atoms with Gasteiger partial charge in [0.1, 0.15) is 12.4 Å². The molecule has 0 saturated carbocycles. The number of nitrogens with two attached hydrogens (primary N) is 1. The van der Waals surface area contributed by atoms with Crippen LogP contribution in [0.1, 0.15) is 19.8 Å². The summed E-state index contributed by atoms with van der Waals surface area (Å²) in [6.07, 6.45) is 1.64. The predicted molar refractivity (Wildman–Crippen MR) is 81.7 cm³/mol. The third-order valence-corrected chi connectivity index (χ3v) is 4.83. The molecule has 1 saturated heterocycles. The van der Waals surface area contributed by atoms with E-state index in [1.807, 2.05) is 6.92 Å². The average molecular weight is 314 g/mol. The quantitative estimate of drug-likeness (QED) is 0.768. The highest BCUT2D eigenvalue weighted by Crippen LogP contribution is 2.19. The highest BCUT2D eigenvalue weighted by molar-refractivity contribution is 7.89. The zero-order valence-corrected chi connectivity index (χ0v) is 13.0. The van der Waals surface area contributed by atoms with Crippen LogP contribution < -0.4 is 15.2 Å². The number of nitrogen functional groups attached to an aromatic ring is 1. The summed E-state index contributed by atoms with van der Waals surface area (Å²) in [7, 11) is -3.41. The van der Waals surface area contributed by atoms with Gasteiger partial charge in [-0.2, -0.15) is 0 Å². The van der Waals surface area contributed by atoms with Crippen LogP contribution in [0.3, 0.4) is 0 Å². The van der Waals surface area contributed by atoms with Crippen LogP contribution in [0, 0.1) is 0 Å². The minimum atomic E-state index is -3.41.